The molecule has 6 rings (SSSR count). The van der Waals surface area contributed by atoms with Crippen LogP contribution < -0.4 is 15.4 Å². The van der Waals surface area contributed by atoms with Crippen molar-refractivity contribution in [3.63, 3.8) is 0 Å². The average Bonchev–Trinajstić information content (AvgIpc) is 3.63. The molecular formula is C25H23N5OS3. The number of para-hydroxylation sites is 1. The smallest absolute Gasteiger partial charge is 0.175 e. The zero-order valence-corrected chi connectivity index (χ0v) is 20.8. The Morgan fingerprint density at radius 3 is 2.94 bits per heavy atom. The van der Waals surface area contributed by atoms with Crippen LogP contribution in [-0.4, -0.2) is 40.0 Å². The third-order valence-corrected chi connectivity index (χ3v) is 8.95. The van der Waals surface area contributed by atoms with Crippen molar-refractivity contribution in [3.8, 4) is 11.5 Å². The maximum Gasteiger partial charge on any atom is 0.175 e. The second-order valence-electron chi connectivity index (χ2n) is 8.17. The van der Waals surface area contributed by atoms with E-state index in [0.29, 0.717) is 23.5 Å². The van der Waals surface area contributed by atoms with Crippen LogP contribution in [0.3, 0.4) is 0 Å². The van der Waals surface area contributed by atoms with Crippen molar-refractivity contribution < 1.29 is 4.74 Å². The summed E-state index contributed by atoms with van der Waals surface area (Å²) in [5.74, 6) is 3.77. The molecule has 0 amide bonds. The minimum absolute atomic E-state index is 0.357. The SMILES string of the molecule is c1ccc(Oc2cc(Sc3ccnc4ccsc34)cnc2NC2=NC(C3CCNC3)CS2)cc1. The summed E-state index contributed by atoms with van der Waals surface area (Å²) in [6.45, 7) is 2.15. The second-order valence-corrected chi connectivity index (χ2v) is 11.2. The van der Waals surface area contributed by atoms with Gasteiger partial charge in [0.25, 0.3) is 0 Å². The summed E-state index contributed by atoms with van der Waals surface area (Å²) >= 11 is 5.14. The lowest BCUT2D eigenvalue weighted by molar-refractivity contribution is 0.481. The topological polar surface area (TPSA) is 71.4 Å². The molecule has 0 spiro atoms. The van der Waals surface area contributed by atoms with Gasteiger partial charge in [0.2, 0.25) is 0 Å². The minimum Gasteiger partial charge on any atom is -0.453 e. The third-order valence-electron chi connectivity index (χ3n) is 5.88. The van der Waals surface area contributed by atoms with Crippen LogP contribution in [-0.2, 0) is 0 Å². The largest absolute Gasteiger partial charge is 0.453 e. The van der Waals surface area contributed by atoms with Crippen LogP contribution >= 0.6 is 34.9 Å². The first-order valence-corrected chi connectivity index (χ1v) is 13.9. The van der Waals surface area contributed by atoms with E-state index in [2.05, 4.69) is 27.1 Å². The van der Waals surface area contributed by atoms with Gasteiger partial charge in [-0.3, -0.25) is 9.98 Å². The number of hydrogen-bond acceptors (Lipinski definition) is 9. The molecule has 2 aliphatic heterocycles. The van der Waals surface area contributed by atoms with Crippen LogP contribution in [0.15, 0.2) is 81.1 Å². The Balaban J connectivity index is 1.28. The van der Waals surface area contributed by atoms with Crippen LogP contribution in [0.5, 0.6) is 11.5 Å². The number of aliphatic imine (C=N–C) groups is 1. The van der Waals surface area contributed by atoms with Crippen molar-refractivity contribution in [2.45, 2.75) is 22.3 Å². The highest BCUT2D eigenvalue weighted by molar-refractivity contribution is 8.14. The highest BCUT2D eigenvalue weighted by atomic mass is 32.2. The number of fused-ring (bicyclic) bond motifs is 1. The molecule has 0 radical (unpaired) electrons. The molecule has 172 valence electrons. The molecule has 9 heteroatoms. The lowest BCUT2D eigenvalue weighted by Crippen LogP contribution is -2.21. The number of nitrogens with zero attached hydrogens (tertiary/aromatic N) is 3. The average molecular weight is 506 g/mol. The molecule has 1 fully saturated rings. The first kappa shape index (κ1) is 21.9. The molecule has 3 aromatic heterocycles. The summed E-state index contributed by atoms with van der Waals surface area (Å²) in [6, 6.07) is 16.3. The predicted octanol–water partition coefficient (Wildman–Crippen LogP) is 6.13. The van der Waals surface area contributed by atoms with Crippen LogP contribution in [0.2, 0.25) is 0 Å². The van der Waals surface area contributed by atoms with E-state index in [4.69, 9.17) is 14.7 Å². The van der Waals surface area contributed by atoms with E-state index in [1.807, 2.05) is 54.9 Å². The van der Waals surface area contributed by atoms with Crippen molar-refractivity contribution in [2.75, 3.05) is 24.2 Å². The van der Waals surface area contributed by atoms with Gasteiger partial charge in [-0.2, -0.15) is 0 Å². The van der Waals surface area contributed by atoms with E-state index >= 15 is 0 Å². The summed E-state index contributed by atoms with van der Waals surface area (Å²) < 4.78 is 7.46. The molecule has 2 N–H and O–H groups in total. The number of rotatable bonds is 6. The number of ether oxygens (including phenoxy) is 1. The molecule has 2 atom stereocenters. The zero-order chi connectivity index (χ0) is 22.7. The van der Waals surface area contributed by atoms with E-state index in [-0.39, 0.29) is 0 Å². The highest BCUT2D eigenvalue weighted by Crippen LogP contribution is 2.39. The Hall–Kier alpha value is -2.59. The van der Waals surface area contributed by atoms with Crippen molar-refractivity contribution in [3.05, 3.63) is 66.3 Å². The molecule has 2 unspecified atom stereocenters. The van der Waals surface area contributed by atoms with Gasteiger partial charge in [-0.25, -0.2) is 4.98 Å². The van der Waals surface area contributed by atoms with Gasteiger partial charge in [0.05, 0.1) is 16.3 Å². The molecule has 6 nitrogen and oxygen atoms in total. The zero-order valence-electron chi connectivity index (χ0n) is 18.3. The number of anilines is 1. The highest BCUT2D eigenvalue weighted by Gasteiger charge is 2.29. The van der Waals surface area contributed by atoms with Gasteiger partial charge in [0, 0.05) is 40.5 Å². The number of thiophene rings is 1. The van der Waals surface area contributed by atoms with E-state index in [1.165, 1.54) is 11.1 Å². The Morgan fingerprint density at radius 2 is 2.06 bits per heavy atom. The molecule has 0 bridgehead atoms. The fourth-order valence-electron chi connectivity index (χ4n) is 4.13. The number of benzene rings is 1. The van der Waals surface area contributed by atoms with Gasteiger partial charge in [0.1, 0.15) is 5.75 Å². The Morgan fingerprint density at radius 1 is 1.12 bits per heavy atom. The number of amidine groups is 1. The number of nitrogens with one attached hydrogen (secondary N) is 2. The van der Waals surface area contributed by atoms with Crippen LogP contribution in [0.4, 0.5) is 5.82 Å². The van der Waals surface area contributed by atoms with Crippen molar-refractivity contribution in [1.82, 2.24) is 15.3 Å². The second kappa shape index (κ2) is 9.95. The monoisotopic (exact) mass is 505 g/mol. The molecule has 0 aliphatic carbocycles. The first-order valence-electron chi connectivity index (χ1n) is 11.2. The fourth-order valence-corrected chi connectivity index (χ4v) is 7.07. The van der Waals surface area contributed by atoms with E-state index in [0.717, 1.165) is 45.1 Å². The normalized spacial score (nSPS) is 19.9. The van der Waals surface area contributed by atoms with Gasteiger partial charge in [-0.05, 0) is 48.5 Å². The quantitative estimate of drug-likeness (QED) is 0.327. The van der Waals surface area contributed by atoms with Crippen LogP contribution in [0.1, 0.15) is 6.42 Å². The summed E-state index contributed by atoms with van der Waals surface area (Å²) in [5.41, 5.74) is 1.02. The molecular weight excluding hydrogens is 483 g/mol. The number of hydrogen-bond donors (Lipinski definition) is 2. The maximum atomic E-state index is 6.27. The van der Waals surface area contributed by atoms with Crippen molar-refractivity contribution >= 4 is 56.1 Å². The number of aromatic nitrogens is 2. The predicted molar refractivity (Wildman–Crippen MR) is 143 cm³/mol. The molecule has 1 aromatic carbocycles. The number of thioether (sulfide) groups is 1. The molecule has 2 aliphatic rings. The summed E-state index contributed by atoms with van der Waals surface area (Å²) in [7, 11) is 0. The van der Waals surface area contributed by atoms with Gasteiger partial charge < -0.3 is 15.4 Å². The lowest BCUT2D eigenvalue weighted by atomic mass is 10.0. The van der Waals surface area contributed by atoms with Gasteiger partial charge in [-0.1, -0.05) is 41.7 Å². The van der Waals surface area contributed by atoms with Gasteiger partial charge >= 0.3 is 0 Å². The van der Waals surface area contributed by atoms with E-state index < -0.39 is 0 Å². The Kier molecular flexibility index (Phi) is 6.41. The minimum atomic E-state index is 0.357. The van der Waals surface area contributed by atoms with Gasteiger partial charge in [0.15, 0.2) is 16.7 Å². The third kappa shape index (κ3) is 4.79. The molecule has 5 heterocycles. The fraction of sp³-hybridized carbons (Fsp3) is 0.240. The summed E-state index contributed by atoms with van der Waals surface area (Å²) in [5, 5.41) is 9.88. The van der Waals surface area contributed by atoms with Crippen LogP contribution in [0.25, 0.3) is 10.2 Å². The maximum absolute atomic E-state index is 6.27. The van der Waals surface area contributed by atoms with E-state index in [1.54, 1.807) is 34.9 Å². The number of pyridine rings is 2. The summed E-state index contributed by atoms with van der Waals surface area (Å²) in [6.07, 6.45) is 4.94. The van der Waals surface area contributed by atoms with Crippen molar-refractivity contribution in [2.24, 2.45) is 10.9 Å². The standard InChI is InChI=1S/C25H23N5OS3/c1-2-4-17(5-3-1)31-21-12-18(34-22-7-10-27-19-8-11-32-23(19)22)14-28-24(21)30-25-29-20(15-33-25)16-6-9-26-13-16/h1-5,7-8,10-12,14,16,20,26H,6,9,13,15H2,(H,28,29,30). The lowest BCUT2D eigenvalue weighted by Gasteiger charge is -2.14. The molecule has 4 aromatic rings. The Bertz CT molecular complexity index is 1320. The van der Waals surface area contributed by atoms with Crippen LogP contribution in [0, 0.1) is 5.92 Å². The van der Waals surface area contributed by atoms with Gasteiger partial charge in [-0.15, -0.1) is 11.3 Å². The summed E-state index contributed by atoms with van der Waals surface area (Å²) in [4.78, 5) is 16.3. The molecule has 34 heavy (non-hydrogen) atoms. The first-order chi connectivity index (χ1) is 16.8. The molecule has 0 saturated carbocycles. The van der Waals surface area contributed by atoms with E-state index in [9.17, 15) is 0 Å². The van der Waals surface area contributed by atoms with Crippen molar-refractivity contribution in [1.29, 1.82) is 0 Å². The Labute approximate surface area is 210 Å². The molecule has 1 saturated heterocycles.